The first-order valence-corrected chi connectivity index (χ1v) is 8.90. The molecule has 136 valence electrons. The molecule has 3 fully saturated rings. The van der Waals surface area contributed by atoms with E-state index in [2.05, 4.69) is 20.5 Å². The van der Waals surface area contributed by atoms with Gasteiger partial charge in [0.05, 0.1) is 18.7 Å². The highest BCUT2D eigenvalue weighted by molar-refractivity contribution is 5.93. The van der Waals surface area contributed by atoms with Crippen molar-refractivity contribution in [1.82, 2.24) is 19.9 Å². The van der Waals surface area contributed by atoms with Gasteiger partial charge in [-0.25, -0.2) is 0 Å². The van der Waals surface area contributed by atoms with Gasteiger partial charge in [0.15, 0.2) is 5.69 Å². The Morgan fingerprint density at radius 1 is 1.27 bits per heavy atom. The zero-order valence-electron chi connectivity index (χ0n) is 14.4. The highest BCUT2D eigenvalue weighted by atomic mass is 16.2. The van der Waals surface area contributed by atoms with E-state index in [9.17, 15) is 9.59 Å². The second-order valence-corrected chi connectivity index (χ2v) is 7.09. The molecule has 4 unspecified atom stereocenters. The second-order valence-electron chi connectivity index (χ2n) is 7.09. The molecule has 4 heterocycles. The van der Waals surface area contributed by atoms with Crippen LogP contribution in [0.3, 0.4) is 0 Å². The maximum absolute atomic E-state index is 12.7. The second kappa shape index (κ2) is 6.87. The molecule has 3 aliphatic rings. The van der Waals surface area contributed by atoms with E-state index in [1.807, 2.05) is 30.3 Å². The van der Waals surface area contributed by atoms with Gasteiger partial charge in [-0.2, -0.15) is 0 Å². The van der Waals surface area contributed by atoms with E-state index in [-0.39, 0.29) is 17.5 Å². The largest absolute Gasteiger partial charge is 0.364 e. The summed E-state index contributed by atoms with van der Waals surface area (Å²) in [6, 6.07) is 9.88. The van der Waals surface area contributed by atoms with Gasteiger partial charge < -0.3 is 11.1 Å². The molecule has 3 aliphatic heterocycles. The topological polar surface area (TPSA) is 106 Å². The first kappa shape index (κ1) is 16.7. The molecular formula is C18H22N6O2. The van der Waals surface area contributed by atoms with E-state index in [0.29, 0.717) is 18.5 Å². The van der Waals surface area contributed by atoms with Gasteiger partial charge in [0.25, 0.3) is 5.91 Å². The number of benzene rings is 1. The number of anilines is 1. The van der Waals surface area contributed by atoms with Crippen molar-refractivity contribution < 1.29 is 9.59 Å². The Kier molecular flexibility index (Phi) is 4.42. The third kappa shape index (κ3) is 3.32. The number of nitrogens with one attached hydrogen (secondary N) is 1. The van der Waals surface area contributed by atoms with Crippen molar-refractivity contribution in [2.75, 3.05) is 18.4 Å². The van der Waals surface area contributed by atoms with Crippen molar-refractivity contribution in [2.45, 2.75) is 25.4 Å². The summed E-state index contributed by atoms with van der Waals surface area (Å²) in [7, 11) is 0. The molecule has 0 spiro atoms. The quantitative estimate of drug-likeness (QED) is 0.823. The van der Waals surface area contributed by atoms with Gasteiger partial charge in [0, 0.05) is 18.3 Å². The summed E-state index contributed by atoms with van der Waals surface area (Å²) < 4.78 is 1.67. The number of fused-ring (bicyclic) bond motifs is 3. The van der Waals surface area contributed by atoms with Crippen LogP contribution in [0.15, 0.2) is 36.5 Å². The Hall–Kier alpha value is -2.74. The fraction of sp³-hybridized carbons (Fsp3) is 0.444. The average molecular weight is 354 g/mol. The van der Waals surface area contributed by atoms with Crippen molar-refractivity contribution in [2.24, 2.45) is 17.6 Å². The SMILES string of the molecule is NC(=O)c1cn(CC2CC3CCN2CC3C(=O)Nc2ccccc2)nn1. The predicted octanol–water partition coefficient (Wildman–Crippen LogP) is 0.726. The number of primary amides is 1. The Labute approximate surface area is 151 Å². The summed E-state index contributed by atoms with van der Waals surface area (Å²) in [6.07, 6.45) is 3.57. The highest BCUT2D eigenvalue weighted by Crippen LogP contribution is 2.37. The summed E-state index contributed by atoms with van der Waals surface area (Å²) in [5.41, 5.74) is 6.25. The van der Waals surface area contributed by atoms with Crippen LogP contribution in [0, 0.1) is 11.8 Å². The van der Waals surface area contributed by atoms with Crippen LogP contribution < -0.4 is 11.1 Å². The Morgan fingerprint density at radius 3 is 2.73 bits per heavy atom. The zero-order valence-corrected chi connectivity index (χ0v) is 14.4. The lowest BCUT2D eigenvalue weighted by molar-refractivity contribution is -0.127. The van der Waals surface area contributed by atoms with Gasteiger partial charge in [0.1, 0.15) is 0 Å². The number of piperidine rings is 3. The molecule has 8 heteroatoms. The molecule has 0 saturated carbocycles. The molecule has 3 saturated heterocycles. The third-order valence-electron chi connectivity index (χ3n) is 5.45. The van der Waals surface area contributed by atoms with Gasteiger partial charge in [-0.3, -0.25) is 19.2 Å². The Bertz CT molecular complexity index is 805. The minimum absolute atomic E-state index is 0.0112. The van der Waals surface area contributed by atoms with Crippen molar-refractivity contribution in [3.63, 3.8) is 0 Å². The van der Waals surface area contributed by atoms with Crippen LogP contribution >= 0.6 is 0 Å². The smallest absolute Gasteiger partial charge is 0.270 e. The number of rotatable bonds is 5. The van der Waals surface area contributed by atoms with Crippen LogP contribution in [0.1, 0.15) is 23.3 Å². The monoisotopic (exact) mass is 354 g/mol. The van der Waals surface area contributed by atoms with Gasteiger partial charge in [-0.15, -0.1) is 5.10 Å². The average Bonchev–Trinajstić information content (AvgIpc) is 3.12. The number of aromatic nitrogens is 3. The number of hydrogen-bond donors (Lipinski definition) is 2. The number of para-hydroxylation sites is 1. The van der Waals surface area contributed by atoms with E-state index >= 15 is 0 Å². The Balaban J connectivity index is 1.39. The number of carbonyl (C=O) groups excluding carboxylic acids is 2. The number of amides is 2. The predicted molar refractivity (Wildman–Crippen MR) is 95.2 cm³/mol. The third-order valence-corrected chi connectivity index (χ3v) is 5.45. The molecule has 1 aromatic heterocycles. The van der Waals surface area contributed by atoms with E-state index in [1.165, 1.54) is 0 Å². The Morgan fingerprint density at radius 2 is 2.08 bits per heavy atom. The number of nitrogens with zero attached hydrogens (tertiary/aromatic N) is 4. The summed E-state index contributed by atoms with van der Waals surface area (Å²) in [4.78, 5) is 26.2. The molecule has 1 aromatic carbocycles. The summed E-state index contributed by atoms with van der Waals surface area (Å²) in [6.45, 7) is 2.40. The molecule has 0 radical (unpaired) electrons. The van der Waals surface area contributed by atoms with Crippen LogP contribution in [0.25, 0.3) is 0 Å². The standard InChI is InChI=1S/C18H22N6O2/c19-17(25)16-11-24(22-21-16)9-14-8-12-6-7-23(14)10-15(12)18(26)20-13-4-2-1-3-5-13/h1-5,11-12,14-15H,6-10H2,(H2,19,25)(H,20,26). The molecule has 2 aromatic rings. The van der Waals surface area contributed by atoms with Crippen LogP contribution in [-0.2, 0) is 11.3 Å². The van der Waals surface area contributed by atoms with Gasteiger partial charge in [0.2, 0.25) is 5.91 Å². The summed E-state index contributed by atoms with van der Waals surface area (Å²) in [5, 5.41) is 10.8. The van der Waals surface area contributed by atoms with Crippen LogP contribution in [0.2, 0.25) is 0 Å². The zero-order chi connectivity index (χ0) is 18.1. The van der Waals surface area contributed by atoms with Gasteiger partial charge >= 0.3 is 0 Å². The van der Waals surface area contributed by atoms with Crippen LogP contribution in [0.5, 0.6) is 0 Å². The number of nitrogens with two attached hydrogens (primary N) is 1. The maximum Gasteiger partial charge on any atom is 0.270 e. The minimum Gasteiger partial charge on any atom is -0.364 e. The molecular weight excluding hydrogens is 332 g/mol. The molecule has 5 rings (SSSR count). The number of carbonyl (C=O) groups is 2. The fourth-order valence-corrected chi connectivity index (χ4v) is 4.10. The minimum atomic E-state index is -0.570. The molecule has 2 amide bonds. The van der Waals surface area contributed by atoms with Crippen LogP contribution in [-0.4, -0.2) is 50.8 Å². The normalized spacial score (nSPS) is 27.2. The number of hydrogen-bond acceptors (Lipinski definition) is 5. The summed E-state index contributed by atoms with van der Waals surface area (Å²) in [5.74, 6) is -0.0922. The lowest BCUT2D eigenvalue weighted by Crippen LogP contribution is -2.57. The molecule has 0 aliphatic carbocycles. The lowest BCUT2D eigenvalue weighted by atomic mass is 9.75. The van der Waals surface area contributed by atoms with Crippen molar-refractivity contribution in [3.8, 4) is 0 Å². The van der Waals surface area contributed by atoms with Crippen LogP contribution in [0.4, 0.5) is 5.69 Å². The first-order chi connectivity index (χ1) is 12.6. The van der Waals surface area contributed by atoms with Gasteiger partial charge in [-0.05, 0) is 37.4 Å². The van der Waals surface area contributed by atoms with E-state index in [4.69, 9.17) is 5.73 Å². The van der Waals surface area contributed by atoms with E-state index in [0.717, 1.165) is 31.6 Å². The fourth-order valence-electron chi connectivity index (χ4n) is 4.10. The highest BCUT2D eigenvalue weighted by Gasteiger charge is 2.43. The lowest BCUT2D eigenvalue weighted by Gasteiger charge is -2.49. The first-order valence-electron chi connectivity index (χ1n) is 8.90. The van der Waals surface area contributed by atoms with Crippen molar-refractivity contribution in [1.29, 1.82) is 0 Å². The summed E-state index contributed by atoms with van der Waals surface area (Å²) >= 11 is 0. The maximum atomic E-state index is 12.7. The van der Waals surface area contributed by atoms with Crippen molar-refractivity contribution >= 4 is 17.5 Å². The van der Waals surface area contributed by atoms with E-state index in [1.54, 1.807) is 10.9 Å². The molecule has 8 nitrogen and oxygen atoms in total. The molecule has 3 N–H and O–H groups in total. The van der Waals surface area contributed by atoms with Crippen molar-refractivity contribution in [3.05, 3.63) is 42.2 Å². The molecule has 4 atom stereocenters. The van der Waals surface area contributed by atoms with Gasteiger partial charge in [-0.1, -0.05) is 23.4 Å². The molecule has 2 bridgehead atoms. The van der Waals surface area contributed by atoms with E-state index < -0.39 is 5.91 Å². The molecule has 26 heavy (non-hydrogen) atoms.